The molecule has 0 N–H and O–H groups in total. The summed E-state index contributed by atoms with van der Waals surface area (Å²) >= 11 is 3.63. The van der Waals surface area contributed by atoms with E-state index in [9.17, 15) is 13.2 Å². The van der Waals surface area contributed by atoms with Gasteiger partial charge in [-0.15, -0.1) is 0 Å². The fourth-order valence-electron chi connectivity index (χ4n) is 3.41. The van der Waals surface area contributed by atoms with Crippen molar-refractivity contribution in [1.29, 1.82) is 0 Å². The van der Waals surface area contributed by atoms with Gasteiger partial charge in [-0.25, -0.2) is 8.42 Å². The quantitative estimate of drug-likeness (QED) is 0.592. The third-order valence-corrected chi connectivity index (χ3v) is 8.45. The van der Waals surface area contributed by atoms with Crippen molar-refractivity contribution in [3.63, 3.8) is 0 Å². The van der Waals surface area contributed by atoms with E-state index < -0.39 is 9.84 Å². The highest BCUT2D eigenvalue weighted by molar-refractivity contribution is 14.1. The van der Waals surface area contributed by atoms with Crippen LogP contribution in [0.5, 0.6) is 0 Å². The van der Waals surface area contributed by atoms with Gasteiger partial charge < -0.3 is 4.90 Å². The monoisotopic (exact) mass is 512 g/mol. The van der Waals surface area contributed by atoms with Crippen molar-refractivity contribution in [2.24, 2.45) is 4.99 Å². The zero-order valence-electron chi connectivity index (χ0n) is 14.3. The number of thioether (sulfide) groups is 1. The highest BCUT2D eigenvalue weighted by Gasteiger charge is 2.49. The molecule has 8 heteroatoms. The number of aliphatic imine (C=N–C) groups is 1. The second-order valence-electron chi connectivity index (χ2n) is 6.60. The van der Waals surface area contributed by atoms with Gasteiger partial charge in [0.2, 0.25) is 0 Å². The Balaban J connectivity index is 1.65. The highest BCUT2D eigenvalue weighted by Crippen LogP contribution is 2.41. The first-order valence-electron chi connectivity index (χ1n) is 8.49. The number of halogens is 1. The van der Waals surface area contributed by atoms with Crippen LogP contribution in [0, 0.1) is 3.57 Å². The molecule has 2 fully saturated rings. The number of hydrogen-bond acceptors (Lipinski definition) is 4. The predicted octanol–water partition coefficient (Wildman–Crippen LogP) is 3.14. The number of anilines is 1. The molecule has 0 saturated carbocycles. The number of benzene rings is 2. The van der Waals surface area contributed by atoms with Crippen LogP contribution in [0.25, 0.3) is 0 Å². The Morgan fingerprint density at radius 2 is 1.93 bits per heavy atom. The summed E-state index contributed by atoms with van der Waals surface area (Å²) in [5, 5.41) is 0.513. The zero-order valence-corrected chi connectivity index (χ0v) is 18.1. The van der Waals surface area contributed by atoms with Crippen LogP contribution < -0.4 is 4.90 Å². The lowest BCUT2D eigenvalue weighted by atomic mass is 10.1. The predicted molar refractivity (Wildman–Crippen MR) is 118 cm³/mol. The summed E-state index contributed by atoms with van der Waals surface area (Å²) in [4.78, 5) is 18.8. The fraction of sp³-hybridized carbons (Fsp3) is 0.263. The third-order valence-electron chi connectivity index (χ3n) is 4.57. The van der Waals surface area contributed by atoms with E-state index in [4.69, 9.17) is 0 Å². The van der Waals surface area contributed by atoms with Gasteiger partial charge in [0.15, 0.2) is 15.0 Å². The maximum atomic E-state index is 12.5. The van der Waals surface area contributed by atoms with E-state index in [1.54, 1.807) is 0 Å². The second-order valence-corrected chi connectivity index (χ2v) is 11.2. The molecule has 2 heterocycles. The second kappa shape index (κ2) is 7.56. The van der Waals surface area contributed by atoms with E-state index >= 15 is 0 Å². The smallest absolute Gasteiger partial charge is 0.252 e. The molecule has 1 amide bonds. The van der Waals surface area contributed by atoms with E-state index in [0.717, 1.165) is 14.8 Å². The minimum Gasteiger partial charge on any atom is -0.316 e. The van der Waals surface area contributed by atoms with E-state index in [0.29, 0.717) is 5.17 Å². The number of carbonyl (C=O) groups is 1. The van der Waals surface area contributed by atoms with Crippen LogP contribution in [0.2, 0.25) is 0 Å². The molecule has 27 heavy (non-hydrogen) atoms. The lowest BCUT2D eigenvalue weighted by Gasteiger charge is -2.24. The number of amidine groups is 1. The average molecular weight is 512 g/mol. The van der Waals surface area contributed by atoms with Gasteiger partial charge in [0, 0.05) is 14.5 Å². The maximum Gasteiger partial charge on any atom is 0.252 e. The van der Waals surface area contributed by atoms with Gasteiger partial charge in [0.25, 0.3) is 5.91 Å². The molecule has 5 nitrogen and oxygen atoms in total. The molecule has 140 valence electrons. The molecule has 4 rings (SSSR count). The van der Waals surface area contributed by atoms with Crippen LogP contribution in [0.3, 0.4) is 0 Å². The Labute approximate surface area is 176 Å². The van der Waals surface area contributed by atoms with Crippen molar-refractivity contribution >= 4 is 61.0 Å². The summed E-state index contributed by atoms with van der Waals surface area (Å²) in [6.45, 7) is 0. The van der Waals surface area contributed by atoms with E-state index in [2.05, 4.69) is 27.6 Å². The molecule has 2 aromatic rings. The standard InChI is InChI=1S/C19H17IN2O3S2/c20-14-7-4-8-15(10-14)22-16-11-27(24,25)12-17(16)26-19(22)21-18(23)9-13-5-2-1-3-6-13/h1-8,10,16-17H,9,11-12H2/t16-,17+/m0/s1. The van der Waals surface area contributed by atoms with Crippen LogP contribution >= 0.6 is 34.4 Å². The highest BCUT2D eigenvalue weighted by atomic mass is 127. The summed E-state index contributed by atoms with van der Waals surface area (Å²) in [7, 11) is -3.06. The van der Waals surface area contributed by atoms with Gasteiger partial charge in [0.1, 0.15) is 0 Å². The number of rotatable bonds is 3. The maximum absolute atomic E-state index is 12.5. The van der Waals surface area contributed by atoms with Crippen molar-refractivity contribution in [2.75, 3.05) is 16.4 Å². The molecule has 0 spiro atoms. The summed E-state index contributed by atoms with van der Waals surface area (Å²) in [5.74, 6) is 0.0126. The summed E-state index contributed by atoms with van der Waals surface area (Å²) in [5.41, 5.74) is 1.80. The lowest BCUT2D eigenvalue weighted by Crippen LogP contribution is -2.37. The van der Waals surface area contributed by atoms with Crippen LogP contribution in [0.4, 0.5) is 5.69 Å². The van der Waals surface area contributed by atoms with Crippen molar-refractivity contribution in [3.05, 3.63) is 63.7 Å². The molecular formula is C19H17IN2O3S2. The molecule has 0 aliphatic carbocycles. The lowest BCUT2D eigenvalue weighted by molar-refractivity contribution is -0.117. The first-order valence-corrected chi connectivity index (χ1v) is 12.3. The van der Waals surface area contributed by atoms with E-state index in [-0.39, 0.29) is 35.1 Å². The van der Waals surface area contributed by atoms with Crippen LogP contribution in [0.1, 0.15) is 5.56 Å². The zero-order chi connectivity index (χ0) is 19.0. The Morgan fingerprint density at radius 3 is 2.67 bits per heavy atom. The van der Waals surface area contributed by atoms with Gasteiger partial charge in [-0.2, -0.15) is 4.99 Å². The van der Waals surface area contributed by atoms with Crippen molar-refractivity contribution < 1.29 is 13.2 Å². The number of nitrogens with zero attached hydrogens (tertiary/aromatic N) is 2. The molecule has 2 atom stereocenters. The van der Waals surface area contributed by atoms with Gasteiger partial charge in [-0.05, 0) is 46.4 Å². The van der Waals surface area contributed by atoms with Crippen molar-refractivity contribution in [3.8, 4) is 0 Å². The van der Waals surface area contributed by atoms with E-state index in [1.807, 2.05) is 59.5 Å². The summed E-state index contributed by atoms with van der Waals surface area (Å²) in [6, 6.07) is 17.2. The van der Waals surface area contributed by atoms with Gasteiger partial charge in [0.05, 0.1) is 24.0 Å². The SMILES string of the molecule is O=C(Cc1ccccc1)N=C1S[C@@H]2CS(=O)(=O)C[C@@H]2N1c1cccc(I)c1. The molecule has 2 saturated heterocycles. The van der Waals surface area contributed by atoms with E-state index in [1.165, 1.54) is 11.8 Å². The normalized spacial score (nSPS) is 24.9. The van der Waals surface area contributed by atoms with Crippen molar-refractivity contribution in [2.45, 2.75) is 17.7 Å². The largest absolute Gasteiger partial charge is 0.316 e. The summed E-state index contributed by atoms with van der Waals surface area (Å²) < 4.78 is 25.3. The Morgan fingerprint density at radius 1 is 1.15 bits per heavy atom. The molecule has 2 aliphatic rings. The van der Waals surface area contributed by atoms with Gasteiger partial charge in [-0.3, -0.25) is 4.79 Å². The molecule has 0 aromatic heterocycles. The minimum absolute atomic E-state index is 0.0869. The molecule has 0 bridgehead atoms. The Bertz CT molecular complexity index is 1010. The topological polar surface area (TPSA) is 66.8 Å². The molecule has 2 aromatic carbocycles. The molecule has 0 unspecified atom stereocenters. The van der Waals surface area contributed by atoms with Gasteiger partial charge in [-0.1, -0.05) is 48.2 Å². The van der Waals surface area contributed by atoms with Crippen molar-refractivity contribution in [1.82, 2.24) is 0 Å². The van der Waals surface area contributed by atoms with Crippen LogP contribution in [-0.4, -0.2) is 42.3 Å². The number of hydrogen-bond donors (Lipinski definition) is 0. The number of fused-ring (bicyclic) bond motifs is 1. The minimum atomic E-state index is -3.06. The first kappa shape index (κ1) is 18.9. The third kappa shape index (κ3) is 4.22. The Hall–Kier alpha value is -1.39. The van der Waals surface area contributed by atoms with Crippen LogP contribution in [0.15, 0.2) is 59.6 Å². The average Bonchev–Trinajstić information content (AvgIpc) is 3.06. The van der Waals surface area contributed by atoms with Crippen LogP contribution in [-0.2, 0) is 21.1 Å². The number of amides is 1. The molecule has 2 aliphatic heterocycles. The Kier molecular flexibility index (Phi) is 5.30. The number of carbonyl (C=O) groups excluding carboxylic acids is 1. The summed E-state index contributed by atoms with van der Waals surface area (Å²) in [6.07, 6.45) is 0.235. The molecule has 0 radical (unpaired) electrons. The van der Waals surface area contributed by atoms with Gasteiger partial charge >= 0.3 is 0 Å². The first-order chi connectivity index (χ1) is 12.9. The number of sulfone groups is 1. The molecular weight excluding hydrogens is 495 g/mol. The fourth-order valence-corrected chi connectivity index (χ4v) is 7.87.